The van der Waals surface area contributed by atoms with E-state index in [9.17, 15) is 0 Å². The van der Waals surface area contributed by atoms with Crippen molar-refractivity contribution in [3.63, 3.8) is 0 Å². The second-order valence-electron chi connectivity index (χ2n) is 7.61. The summed E-state index contributed by atoms with van der Waals surface area (Å²) in [5, 5.41) is 3.77. The van der Waals surface area contributed by atoms with Crippen LogP contribution in [0.3, 0.4) is 0 Å². The van der Waals surface area contributed by atoms with Crippen LogP contribution in [-0.2, 0) is 6.42 Å². The van der Waals surface area contributed by atoms with Crippen molar-refractivity contribution in [2.45, 2.75) is 33.0 Å². The first kappa shape index (κ1) is 16.1. The van der Waals surface area contributed by atoms with Crippen LogP contribution in [0.2, 0.25) is 19.6 Å². The highest BCUT2D eigenvalue weighted by atomic mass is 28.3. The van der Waals surface area contributed by atoms with Crippen LogP contribution in [0.4, 0.5) is 0 Å². The van der Waals surface area contributed by atoms with Gasteiger partial charge in [0.2, 0.25) is 0 Å². The second kappa shape index (κ2) is 5.85. The summed E-state index contributed by atoms with van der Waals surface area (Å²) in [4.78, 5) is 4.82. The minimum absolute atomic E-state index is 0.930. The van der Waals surface area contributed by atoms with Crippen molar-refractivity contribution in [3.05, 3.63) is 60.3 Å². The van der Waals surface area contributed by atoms with Crippen molar-refractivity contribution in [2.75, 3.05) is 0 Å². The van der Waals surface area contributed by atoms with Gasteiger partial charge in [-0.25, -0.2) is 0 Å². The topological polar surface area (TPSA) is 26.0 Å². The molecule has 2 aromatic heterocycles. The predicted octanol–water partition coefficient (Wildman–Crippen LogP) is 5.76. The number of hydrogen-bond donors (Lipinski definition) is 0. The third-order valence-corrected chi connectivity index (χ3v) is 6.93. The number of pyridine rings is 1. The maximum absolute atomic E-state index is 6.18. The third kappa shape index (κ3) is 2.69. The molecule has 2 heterocycles. The van der Waals surface area contributed by atoms with Crippen LogP contribution >= 0.6 is 0 Å². The molecule has 0 aliphatic carbocycles. The fraction of sp³-hybridized carbons (Fsp3) is 0.227. The standard InChI is InChI=1S/C22H23NOSi/c1-5-15-13-19(23-14-21(15)25(2,3)4)18-11-8-10-17-16-9-6-7-12-20(16)24-22(17)18/h6-14H,5H2,1-4H3. The van der Waals surface area contributed by atoms with Crippen molar-refractivity contribution in [1.29, 1.82) is 0 Å². The molecule has 0 N–H and O–H groups in total. The fourth-order valence-electron chi connectivity index (χ4n) is 3.56. The molecular weight excluding hydrogens is 322 g/mol. The van der Waals surface area contributed by atoms with Gasteiger partial charge in [0, 0.05) is 22.5 Å². The van der Waals surface area contributed by atoms with Crippen molar-refractivity contribution >= 4 is 35.2 Å². The molecule has 0 amide bonds. The first-order valence-corrected chi connectivity index (χ1v) is 12.4. The lowest BCUT2D eigenvalue weighted by Gasteiger charge is -2.20. The first-order valence-electron chi connectivity index (χ1n) is 8.89. The van der Waals surface area contributed by atoms with E-state index in [0.717, 1.165) is 39.6 Å². The molecule has 0 spiro atoms. The van der Waals surface area contributed by atoms with E-state index in [2.05, 4.69) is 69.2 Å². The van der Waals surface area contributed by atoms with Gasteiger partial charge in [0.05, 0.1) is 13.8 Å². The normalized spacial score (nSPS) is 12.2. The number of rotatable bonds is 3. The molecule has 0 unspecified atom stereocenters. The van der Waals surface area contributed by atoms with Gasteiger partial charge >= 0.3 is 0 Å². The molecule has 0 atom stereocenters. The van der Waals surface area contributed by atoms with E-state index in [1.807, 2.05) is 12.1 Å². The van der Waals surface area contributed by atoms with Crippen molar-refractivity contribution < 1.29 is 4.42 Å². The van der Waals surface area contributed by atoms with Crippen LogP contribution in [0.15, 0.2) is 59.1 Å². The Morgan fingerprint density at radius 1 is 0.960 bits per heavy atom. The van der Waals surface area contributed by atoms with E-state index < -0.39 is 8.07 Å². The van der Waals surface area contributed by atoms with Crippen LogP contribution in [-0.4, -0.2) is 13.1 Å². The van der Waals surface area contributed by atoms with Gasteiger partial charge in [-0.05, 0) is 35.4 Å². The summed E-state index contributed by atoms with van der Waals surface area (Å²) in [7, 11) is -1.39. The fourth-order valence-corrected chi connectivity index (χ4v) is 5.23. The largest absolute Gasteiger partial charge is 0.455 e. The Labute approximate surface area is 149 Å². The summed E-state index contributed by atoms with van der Waals surface area (Å²) in [5.74, 6) is 0. The smallest absolute Gasteiger partial charge is 0.144 e. The Balaban J connectivity index is 1.96. The monoisotopic (exact) mass is 345 g/mol. The number of furan rings is 1. The average Bonchev–Trinajstić information content (AvgIpc) is 2.99. The van der Waals surface area contributed by atoms with E-state index in [4.69, 9.17) is 9.40 Å². The van der Waals surface area contributed by atoms with E-state index in [1.165, 1.54) is 10.8 Å². The van der Waals surface area contributed by atoms with Gasteiger partial charge < -0.3 is 4.42 Å². The zero-order chi connectivity index (χ0) is 17.6. The molecule has 0 bridgehead atoms. The molecular formula is C22H23NOSi. The zero-order valence-corrected chi connectivity index (χ0v) is 16.3. The van der Waals surface area contributed by atoms with Gasteiger partial charge in [0.1, 0.15) is 11.2 Å². The molecule has 0 saturated carbocycles. The van der Waals surface area contributed by atoms with E-state index in [1.54, 1.807) is 0 Å². The van der Waals surface area contributed by atoms with Crippen LogP contribution in [0.25, 0.3) is 33.2 Å². The van der Waals surface area contributed by atoms with Gasteiger partial charge in [0.15, 0.2) is 0 Å². The van der Waals surface area contributed by atoms with Crippen LogP contribution < -0.4 is 5.19 Å². The quantitative estimate of drug-likeness (QED) is 0.441. The molecule has 126 valence electrons. The van der Waals surface area contributed by atoms with Crippen molar-refractivity contribution in [2.24, 2.45) is 0 Å². The number of para-hydroxylation sites is 2. The predicted molar refractivity (Wildman–Crippen MR) is 109 cm³/mol. The molecule has 0 aliphatic heterocycles. The summed E-state index contributed by atoms with van der Waals surface area (Å²) in [5.41, 5.74) is 5.35. The second-order valence-corrected chi connectivity index (χ2v) is 12.6. The Morgan fingerprint density at radius 3 is 2.48 bits per heavy atom. The number of aromatic nitrogens is 1. The molecule has 3 heteroatoms. The van der Waals surface area contributed by atoms with Gasteiger partial charge in [-0.3, -0.25) is 4.98 Å². The molecule has 0 fully saturated rings. The Morgan fingerprint density at radius 2 is 1.72 bits per heavy atom. The maximum Gasteiger partial charge on any atom is 0.144 e. The van der Waals surface area contributed by atoms with Gasteiger partial charge in [-0.1, -0.05) is 56.9 Å². The molecule has 0 radical (unpaired) electrons. The minimum Gasteiger partial charge on any atom is -0.455 e. The molecule has 4 rings (SSSR count). The zero-order valence-electron chi connectivity index (χ0n) is 15.3. The third-order valence-electron chi connectivity index (χ3n) is 4.86. The SMILES string of the molecule is CCc1cc(-c2cccc3c2oc2ccccc23)ncc1[Si](C)(C)C. The highest BCUT2D eigenvalue weighted by Crippen LogP contribution is 2.35. The molecule has 2 nitrogen and oxygen atoms in total. The molecule has 0 aliphatic rings. The van der Waals surface area contributed by atoms with E-state index in [0.29, 0.717) is 0 Å². The Hall–Kier alpha value is -2.39. The average molecular weight is 346 g/mol. The number of aryl methyl sites for hydroxylation is 1. The summed E-state index contributed by atoms with van der Waals surface area (Å²) in [6.07, 6.45) is 3.13. The number of benzene rings is 2. The summed E-state index contributed by atoms with van der Waals surface area (Å²) in [6, 6.07) is 16.8. The van der Waals surface area contributed by atoms with Crippen molar-refractivity contribution in [1.82, 2.24) is 4.98 Å². The van der Waals surface area contributed by atoms with E-state index in [-0.39, 0.29) is 0 Å². The first-order chi connectivity index (χ1) is 12.0. The minimum atomic E-state index is -1.39. The summed E-state index contributed by atoms with van der Waals surface area (Å²) < 4.78 is 6.18. The van der Waals surface area contributed by atoms with E-state index >= 15 is 0 Å². The molecule has 2 aromatic carbocycles. The van der Waals surface area contributed by atoms with Gasteiger partial charge in [0.25, 0.3) is 0 Å². The molecule has 4 aromatic rings. The van der Waals surface area contributed by atoms with Crippen LogP contribution in [0.1, 0.15) is 12.5 Å². The van der Waals surface area contributed by atoms with Crippen molar-refractivity contribution in [3.8, 4) is 11.3 Å². The molecule has 0 saturated heterocycles. The van der Waals surface area contributed by atoms with Gasteiger partial charge in [-0.2, -0.15) is 0 Å². The van der Waals surface area contributed by atoms with Crippen LogP contribution in [0.5, 0.6) is 0 Å². The van der Waals surface area contributed by atoms with Gasteiger partial charge in [-0.15, -0.1) is 0 Å². The summed E-state index contributed by atoms with van der Waals surface area (Å²) in [6.45, 7) is 9.36. The lowest BCUT2D eigenvalue weighted by atomic mass is 10.0. The maximum atomic E-state index is 6.18. The number of hydrogen-bond acceptors (Lipinski definition) is 2. The number of nitrogens with zero attached hydrogens (tertiary/aromatic N) is 1. The highest BCUT2D eigenvalue weighted by Gasteiger charge is 2.21. The number of fused-ring (bicyclic) bond motifs is 3. The summed E-state index contributed by atoms with van der Waals surface area (Å²) >= 11 is 0. The Kier molecular flexibility index (Phi) is 3.77. The lowest BCUT2D eigenvalue weighted by Crippen LogP contribution is -2.40. The Bertz CT molecular complexity index is 1070. The lowest BCUT2D eigenvalue weighted by molar-refractivity contribution is 0.670. The highest BCUT2D eigenvalue weighted by molar-refractivity contribution is 6.89. The van der Waals surface area contributed by atoms with Crippen LogP contribution in [0, 0.1) is 0 Å². The molecule has 25 heavy (non-hydrogen) atoms.